The van der Waals surface area contributed by atoms with Gasteiger partial charge in [0, 0.05) is 10.9 Å². The SMILES string of the molecule is NS(=O)(=O)c1ccc(-c2n[nH]c(=O)c3ccccc23)cc1. The van der Waals surface area contributed by atoms with Crippen LogP contribution in [-0.2, 0) is 10.0 Å². The Balaban J connectivity index is 2.22. The fourth-order valence-electron chi connectivity index (χ4n) is 2.14. The summed E-state index contributed by atoms with van der Waals surface area (Å²) in [6, 6.07) is 13.1. The number of aromatic nitrogens is 2. The van der Waals surface area contributed by atoms with Crippen molar-refractivity contribution >= 4 is 20.8 Å². The number of nitrogens with one attached hydrogen (secondary N) is 1. The van der Waals surface area contributed by atoms with Crippen molar-refractivity contribution in [3.05, 3.63) is 58.9 Å². The number of benzene rings is 2. The summed E-state index contributed by atoms with van der Waals surface area (Å²) in [6.45, 7) is 0. The van der Waals surface area contributed by atoms with E-state index < -0.39 is 10.0 Å². The third-order valence-corrected chi connectivity index (χ3v) is 4.08. The third kappa shape index (κ3) is 2.44. The second-order valence-electron chi connectivity index (χ2n) is 4.52. The number of nitrogens with two attached hydrogens (primary N) is 1. The lowest BCUT2D eigenvalue weighted by Gasteiger charge is -2.05. The summed E-state index contributed by atoms with van der Waals surface area (Å²) < 4.78 is 22.5. The van der Waals surface area contributed by atoms with Crippen molar-refractivity contribution in [1.29, 1.82) is 0 Å². The van der Waals surface area contributed by atoms with Crippen LogP contribution in [0, 0.1) is 0 Å². The number of nitrogens with zero attached hydrogens (tertiary/aromatic N) is 1. The van der Waals surface area contributed by atoms with Gasteiger partial charge in [0.2, 0.25) is 10.0 Å². The molecule has 0 saturated carbocycles. The van der Waals surface area contributed by atoms with Gasteiger partial charge >= 0.3 is 0 Å². The Morgan fingerprint density at radius 2 is 1.57 bits per heavy atom. The summed E-state index contributed by atoms with van der Waals surface area (Å²) in [5, 5.41) is 12.8. The first-order chi connectivity index (χ1) is 9.97. The maximum Gasteiger partial charge on any atom is 0.272 e. The van der Waals surface area contributed by atoms with Gasteiger partial charge in [0.05, 0.1) is 16.0 Å². The Morgan fingerprint density at radius 3 is 2.19 bits per heavy atom. The number of fused-ring (bicyclic) bond motifs is 1. The van der Waals surface area contributed by atoms with E-state index in [1.807, 2.05) is 6.07 Å². The van der Waals surface area contributed by atoms with E-state index in [2.05, 4.69) is 10.2 Å². The van der Waals surface area contributed by atoms with Crippen LogP contribution in [0.5, 0.6) is 0 Å². The molecule has 0 fully saturated rings. The van der Waals surface area contributed by atoms with Gasteiger partial charge in [-0.05, 0) is 18.2 Å². The second kappa shape index (κ2) is 4.80. The fourth-order valence-corrected chi connectivity index (χ4v) is 2.65. The Morgan fingerprint density at radius 1 is 0.952 bits per heavy atom. The van der Waals surface area contributed by atoms with Gasteiger partial charge < -0.3 is 0 Å². The number of rotatable bonds is 2. The summed E-state index contributed by atoms with van der Waals surface area (Å²) in [7, 11) is -3.73. The van der Waals surface area contributed by atoms with Crippen molar-refractivity contribution < 1.29 is 8.42 Å². The molecule has 3 rings (SSSR count). The quantitative estimate of drug-likeness (QED) is 0.742. The first-order valence-electron chi connectivity index (χ1n) is 6.07. The predicted octanol–water partition coefficient (Wildman–Crippen LogP) is 1.24. The molecule has 0 amide bonds. The van der Waals surface area contributed by atoms with Crippen LogP contribution in [0.1, 0.15) is 0 Å². The minimum absolute atomic E-state index is 0.0278. The van der Waals surface area contributed by atoms with Gasteiger partial charge in [-0.25, -0.2) is 18.7 Å². The first kappa shape index (κ1) is 13.5. The Labute approximate surface area is 120 Å². The summed E-state index contributed by atoms with van der Waals surface area (Å²) >= 11 is 0. The van der Waals surface area contributed by atoms with E-state index in [-0.39, 0.29) is 10.5 Å². The molecule has 6 nitrogen and oxygen atoms in total. The molecule has 0 unspecified atom stereocenters. The molecule has 1 aromatic heterocycles. The van der Waals surface area contributed by atoms with Gasteiger partial charge in [0.15, 0.2) is 0 Å². The van der Waals surface area contributed by atoms with Crippen LogP contribution in [-0.4, -0.2) is 18.6 Å². The van der Waals surface area contributed by atoms with Crippen LogP contribution in [0.2, 0.25) is 0 Å². The predicted molar refractivity (Wildman–Crippen MR) is 79.2 cm³/mol. The second-order valence-corrected chi connectivity index (χ2v) is 6.08. The largest absolute Gasteiger partial charge is 0.272 e. The van der Waals surface area contributed by atoms with Gasteiger partial charge in [-0.15, -0.1) is 0 Å². The topological polar surface area (TPSA) is 106 Å². The van der Waals surface area contributed by atoms with Crippen molar-refractivity contribution in [2.75, 3.05) is 0 Å². The van der Waals surface area contributed by atoms with Crippen LogP contribution in [0.25, 0.3) is 22.0 Å². The van der Waals surface area contributed by atoms with Crippen molar-refractivity contribution in [3.8, 4) is 11.3 Å². The molecule has 106 valence electrons. The zero-order valence-corrected chi connectivity index (χ0v) is 11.6. The van der Waals surface area contributed by atoms with Gasteiger partial charge in [-0.1, -0.05) is 30.3 Å². The molecule has 0 radical (unpaired) electrons. The minimum Gasteiger partial charge on any atom is -0.267 e. The lowest BCUT2D eigenvalue weighted by atomic mass is 10.1. The van der Waals surface area contributed by atoms with Crippen LogP contribution in [0.3, 0.4) is 0 Å². The van der Waals surface area contributed by atoms with Crippen molar-refractivity contribution in [2.24, 2.45) is 5.14 Å². The molecular weight excluding hydrogens is 290 g/mol. The minimum atomic E-state index is -3.73. The van der Waals surface area contributed by atoms with Crippen LogP contribution in [0.15, 0.2) is 58.2 Å². The van der Waals surface area contributed by atoms with E-state index in [1.165, 1.54) is 12.1 Å². The number of H-pyrrole nitrogens is 1. The van der Waals surface area contributed by atoms with Gasteiger partial charge in [0.25, 0.3) is 5.56 Å². The maximum absolute atomic E-state index is 11.7. The third-order valence-electron chi connectivity index (χ3n) is 3.15. The number of sulfonamides is 1. The molecule has 2 aromatic carbocycles. The smallest absolute Gasteiger partial charge is 0.267 e. The lowest BCUT2D eigenvalue weighted by Crippen LogP contribution is -2.12. The fraction of sp³-hybridized carbons (Fsp3) is 0. The standard InChI is InChI=1S/C14H11N3O3S/c15-21(19,20)10-7-5-9(6-8-10)13-11-3-1-2-4-12(11)14(18)17-16-13/h1-8H,(H,17,18)(H2,15,19,20). The molecule has 7 heteroatoms. The van der Waals surface area contributed by atoms with E-state index in [9.17, 15) is 13.2 Å². The van der Waals surface area contributed by atoms with E-state index in [0.29, 0.717) is 22.0 Å². The highest BCUT2D eigenvalue weighted by molar-refractivity contribution is 7.89. The van der Waals surface area contributed by atoms with Crippen LogP contribution in [0.4, 0.5) is 0 Å². The molecule has 0 aliphatic heterocycles. The molecule has 0 aliphatic carbocycles. The maximum atomic E-state index is 11.7. The Bertz CT molecular complexity index is 976. The summed E-state index contributed by atoms with van der Waals surface area (Å²) in [4.78, 5) is 11.8. The zero-order chi connectivity index (χ0) is 15.0. The van der Waals surface area contributed by atoms with Gasteiger partial charge in [0.1, 0.15) is 0 Å². The van der Waals surface area contributed by atoms with Crippen LogP contribution < -0.4 is 10.7 Å². The highest BCUT2D eigenvalue weighted by Gasteiger charge is 2.11. The summed E-state index contributed by atoms with van der Waals surface area (Å²) in [5.74, 6) is 0. The summed E-state index contributed by atoms with van der Waals surface area (Å²) in [5.41, 5.74) is 0.997. The molecule has 21 heavy (non-hydrogen) atoms. The van der Waals surface area contributed by atoms with Gasteiger partial charge in [-0.2, -0.15) is 5.10 Å². The van der Waals surface area contributed by atoms with Gasteiger partial charge in [-0.3, -0.25) is 4.79 Å². The van der Waals surface area contributed by atoms with E-state index in [4.69, 9.17) is 5.14 Å². The van der Waals surface area contributed by atoms with E-state index >= 15 is 0 Å². The molecule has 3 N–H and O–H groups in total. The lowest BCUT2D eigenvalue weighted by molar-refractivity contribution is 0.598. The van der Waals surface area contributed by atoms with Crippen LogP contribution >= 0.6 is 0 Å². The van der Waals surface area contributed by atoms with Crippen molar-refractivity contribution in [2.45, 2.75) is 4.90 Å². The number of hydrogen-bond acceptors (Lipinski definition) is 4. The number of aromatic amines is 1. The Hall–Kier alpha value is -2.51. The number of primary sulfonamides is 1. The Kier molecular flexibility index (Phi) is 3.08. The molecule has 1 heterocycles. The normalized spacial score (nSPS) is 11.7. The summed E-state index contributed by atoms with van der Waals surface area (Å²) in [6.07, 6.45) is 0. The zero-order valence-electron chi connectivity index (χ0n) is 10.8. The molecule has 0 aliphatic rings. The monoisotopic (exact) mass is 301 g/mol. The molecule has 0 atom stereocenters. The average molecular weight is 301 g/mol. The average Bonchev–Trinajstić information content (AvgIpc) is 2.47. The molecule has 0 spiro atoms. The number of hydrogen-bond donors (Lipinski definition) is 2. The molecular formula is C14H11N3O3S. The van der Waals surface area contributed by atoms with E-state index in [1.54, 1.807) is 30.3 Å². The molecule has 0 bridgehead atoms. The van der Waals surface area contributed by atoms with Crippen molar-refractivity contribution in [1.82, 2.24) is 10.2 Å². The highest BCUT2D eigenvalue weighted by Crippen LogP contribution is 2.24. The molecule has 3 aromatic rings. The molecule has 0 saturated heterocycles. The van der Waals surface area contributed by atoms with E-state index in [0.717, 1.165) is 0 Å². The highest BCUT2D eigenvalue weighted by atomic mass is 32.2. The van der Waals surface area contributed by atoms with Crippen molar-refractivity contribution in [3.63, 3.8) is 0 Å². The first-order valence-corrected chi connectivity index (χ1v) is 7.62.